The van der Waals surface area contributed by atoms with E-state index >= 15 is 0 Å². The quantitative estimate of drug-likeness (QED) is 0.703. The van der Waals surface area contributed by atoms with Gasteiger partial charge in [0.1, 0.15) is 5.54 Å². The Labute approximate surface area is 82.9 Å². The lowest BCUT2D eigenvalue weighted by Crippen LogP contribution is -2.47. The maximum absolute atomic E-state index is 10.9. The molecular weight excluding hydrogens is 178 g/mol. The van der Waals surface area contributed by atoms with Crippen LogP contribution in [0.2, 0.25) is 0 Å². The van der Waals surface area contributed by atoms with Crippen molar-refractivity contribution in [2.45, 2.75) is 12.0 Å². The summed E-state index contributed by atoms with van der Waals surface area (Å²) >= 11 is 0. The first kappa shape index (κ1) is 10.5. The van der Waals surface area contributed by atoms with Crippen molar-refractivity contribution in [1.29, 1.82) is 0 Å². The van der Waals surface area contributed by atoms with Crippen molar-refractivity contribution in [3.8, 4) is 0 Å². The molecule has 0 heterocycles. The number of hydrogen-bond donors (Lipinski definition) is 2. The average Bonchev–Trinajstić information content (AvgIpc) is 2.19. The Morgan fingerprint density at radius 3 is 2.50 bits per heavy atom. The monoisotopic (exact) mass is 191 g/mol. The summed E-state index contributed by atoms with van der Waals surface area (Å²) in [5.74, 6) is -1.06. The molecule has 1 rings (SSSR count). The van der Waals surface area contributed by atoms with Gasteiger partial charge in [0, 0.05) is 6.42 Å². The fourth-order valence-electron chi connectivity index (χ4n) is 1.17. The van der Waals surface area contributed by atoms with Crippen LogP contribution in [-0.2, 0) is 11.2 Å². The molecule has 14 heavy (non-hydrogen) atoms. The summed E-state index contributed by atoms with van der Waals surface area (Å²) in [4.78, 5) is 10.9. The molecule has 1 atom stereocenters. The normalized spacial score (nSPS) is 14.4. The van der Waals surface area contributed by atoms with Gasteiger partial charge in [0.2, 0.25) is 0 Å². The van der Waals surface area contributed by atoms with Crippen molar-refractivity contribution in [3.05, 3.63) is 48.6 Å². The first-order chi connectivity index (χ1) is 6.58. The van der Waals surface area contributed by atoms with Crippen LogP contribution in [0.15, 0.2) is 43.0 Å². The van der Waals surface area contributed by atoms with Crippen molar-refractivity contribution in [2.24, 2.45) is 5.73 Å². The molecule has 0 saturated carbocycles. The maximum Gasteiger partial charge on any atom is 0.328 e. The van der Waals surface area contributed by atoms with Crippen LogP contribution in [0.3, 0.4) is 0 Å². The van der Waals surface area contributed by atoms with E-state index in [-0.39, 0.29) is 6.42 Å². The Bertz CT molecular complexity index is 334. The lowest BCUT2D eigenvalue weighted by molar-refractivity contribution is -0.141. The van der Waals surface area contributed by atoms with E-state index in [0.717, 1.165) is 5.56 Å². The van der Waals surface area contributed by atoms with E-state index in [2.05, 4.69) is 6.58 Å². The molecule has 1 aromatic rings. The Balaban J connectivity index is 2.86. The summed E-state index contributed by atoms with van der Waals surface area (Å²) in [6.45, 7) is 3.44. The standard InChI is InChI=1S/C11H13NO2/c1-2-11(12,10(13)14)8-9-6-4-3-5-7-9/h2-7H,1,8,12H2,(H,13,14)/t11-/m1/s1. The first-order valence-corrected chi connectivity index (χ1v) is 4.28. The number of carboxylic acids is 1. The average molecular weight is 191 g/mol. The zero-order chi connectivity index (χ0) is 10.6. The molecule has 1 aromatic carbocycles. The van der Waals surface area contributed by atoms with Gasteiger partial charge < -0.3 is 10.8 Å². The molecule has 0 fully saturated rings. The van der Waals surface area contributed by atoms with E-state index in [1.165, 1.54) is 6.08 Å². The second-order valence-electron chi connectivity index (χ2n) is 3.21. The van der Waals surface area contributed by atoms with E-state index in [1.807, 2.05) is 30.3 Å². The zero-order valence-electron chi connectivity index (χ0n) is 7.81. The number of aliphatic carboxylic acids is 1. The third kappa shape index (κ3) is 2.20. The summed E-state index contributed by atoms with van der Waals surface area (Å²) in [6, 6.07) is 9.25. The van der Waals surface area contributed by atoms with E-state index in [9.17, 15) is 4.79 Å². The van der Waals surface area contributed by atoms with Crippen LogP contribution < -0.4 is 5.73 Å². The molecule has 0 unspecified atom stereocenters. The van der Waals surface area contributed by atoms with E-state index in [4.69, 9.17) is 10.8 Å². The van der Waals surface area contributed by atoms with Gasteiger partial charge in [-0.3, -0.25) is 0 Å². The molecule has 3 nitrogen and oxygen atoms in total. The Kier molecular flexibility index (Phi) is 3.04. The largest absolute Gasteiger partial charge is 0.480 e. The lowest BCUT2D eigenvalue weighted by atomic mass is 9.92. The number of carboxylic acid groups (broad SMARTS) is 1. The third-order valence-electron chi connectivity index (χ3n) is 2.10. The highest BCUT2D eigenvalue weighted by atomic mass is 16.4. The maximum atomic E-state index is 10.9. The van der Waals surface area contributed by atoms with Crippen molar-refractivity contribution < 1.29 is 9.90 Å². The highest BCUT2D eigenvalue weighted by Gasteiger charge is 2.30. The number of nitrogens with two attached hydrogens (primary N) is 1. The second-order valence-corrected chi connectivity index (χ2v) is 3.21. The van der Waals surface area contributed by atoms with E-state index < -0.39 is 11.5 Å². The fraction of sp³-hybridized carbons (Fsp3) is 0.182. The van der Waals surface area contributed by atoms with Gasteiger partial charge in [-0.2, -0.15) is 0 Å². The molecule has 0 saturated heterocycles. The van der Waals surface area contributed by atoms with Crippen LogP contribution in [0.1, 0.15) is 5.56 Å². The van der Waals surface area contributed by atoms with Gasteiger partial charge in [-0.05, 0) is 5.56 Å². The summed E-state index contributed by atoms with van der Waals surface area (Å²) in [6.07, 6.45) is 1.52. The molecule has 3 N–H and O–H groups in total. The van der Waals surface area contributed by atoms with Gasteiger partial charge in [-0.1, -0.05) is 36.4 Å². The molecule has 0 aromatic heterocycles. The number of hydrogen-bond acceptors (Lipinski definition) is 2. The smallest absolute Gasteiger partial charge is 0.328 e. The Hall–Kier alpha value is -1.61. The van der Waals surface area contributed by atoms with Gasteiger partial charge in [0.25, 0.3) is 0 Å². The van der Waals surface area contributed by atoms with Crippen molar-refractivity contribution in [2.75, 3.05) is 0 Å². The summed E-state index contributed by atoms with van der Waals surface area (Å²) in [5, 5.41) is 8.90. The minimum absolute atomic E-state index is 0.257. The van der Waals surface area contributed by atoms with Gasteiger partial charge >= 0.3 is 5.97 Å². The lowest BCUT2D eigenvalue weighted by Gasteiger charge is -2.19. The molecule has 0 aliphatic carbocycles. The summed E-state index contributed by atoms with van der Waals surface area (Å²) in [5.41, 5.74) is 5.17. The minimum atomic E-state index is -1.37. The number of rotatable bonds is 4. The van der Waals surface area contributed by atoms with Crippen molar-refractivity contribution >= 4 is 5.97 Å². The van der Waals surface area contributed by atoms with Crippen LogP contribution in [0, 0.1) is 0 Å². The highest BCUT2D eigenvalue weighted by Crippen LogP contribution is 2.12. The van der Waals surface area contributed by atoms with E-state index in [1.54, 1.807) is 0 Å². The summed E-state index contributed by atoms with van der Waals surface area (Å²) in [7, 11) is 0. The van der Waals surface area contributed by atoms with Crippen LogP contribution >= 0.6 is 0 Å². The van der Waals surface area contributed by atoms with Crippen LogP contribution in [0.25, 0.3) is 0 Å². The molecule has 0 bridgehead atoms. The van der Waals surface area contributed by atoms with Gasteiger partial charge in [-0.15, -0.1) is 6.58 Å². The Morgan fingerprint density at radius 1 is 1.50 bits per heavy atom. The predicted octanol–water partition coefficient (Wildman–Crippen LogP) is 1.20. The molecule has 0 radical (unpaired) electrons. The molecule has 3 heteroatoms. The van der Waals surface area contributed by atoms with Gasteiger partial charge in [-0.25, -0.2) is 4.79 Å². The Morgan fingerprint density at radius 2 is 2.07 bits per heavy atom. The topological polar surface area (TPSA) is 63.3 Å². The third-order valence-corrected chi connectivity index (χ3v) is 2.10. The molecule has 0 aliphatic rings. The van der Waals surface area contributed by atoms with Crippen molar-refractivity contribution in [1.82, 2.24) is 0 Å². The number of benzene rings is 1. The highest BCUT2D eigenvalue weighted by molar-refractivity contribution is 5.81. The number of carbonyl (C=O) groups is 1. The van der Waals surface area contributed by atoms with Crippen LogP contribution in [-0.4, -0.2) is 16.6 Å². The van der Waals surface area contributed by atoms with E-state index in [0.29, 0.717) is 0 Å². The molecule has 0 spiro atoms. The molecule has 74 valence electrons. The summed E-state index contributed by atoms with van der Waals surface area (Å²) < 4.78 is 0. The predicted molar refractivity (Wildman–Crippen MR) is 54.9 cm³/mol. The molecule has 0 amide bonds. The minimum Gasteiger partial charge on any atom is -0.480 e. The van der Waals surface area contributed by atoms with Crippen LogP contribution in [0.5, 0.6) is 0 Å². The fourth-order valence-corrected chi connectivity index (χ4v) is 1.17. The zero-order valence-corrected chi connectivity index (χ0v) is 7.81. The SMILES string of the molecule is C=C[C@@](N)(Cc1ccccc1)C(=O)O. The van der Waals surface area contributed by atoms with Gasteiger partial charge in [0.05, 0.1) is 0 Å². The molecule has 0 aliphatic heterocycles. The second kappa shape index (κ2) is 4.07. The molecular formula is C11H13NO2. The van der Waals surface area contributed by atoms with Crippen LogP contribution in [0.4, 0.5) is 0 Å². The van der Waals surface area contributed by atoms with Crippen molar-refractivity contribution in [3.63, 3.8) is 0 Å². The van der Waals surface area contributed by atoms with Gasteiger partial charge in [0.15, 0.2) is 0 Å². The first-order valence-electron chi connectivity index (χ1n) is 4.28.